The molecule has 0 bridgehead atoms. The van der Waals surface area contributed by atoms with E-state index < -0.39 is 0 Å². The molecule has 0 saturated carbocycles. The predicted octanol–water partition coefficient (Wildman–Crippen LogP) is 1.78. The zero-order chi connectivity index (χ0) is 17.5. The molecular weight excluding hydrogens is 318 g/mol. The van der Waals surface area contributed by atoms with Gasteiger partial charge in [0.15, 0.2) is 0 Å². The van der Waals surface area contributed by atoms with Crippen LogP contribution in [0.3, 0.4) is 0 Å². The molecule has 0 spiro atoms. The third-order valence-corrected chi connectivity index (χ3v) is 4.54. The van der Waals surface area contributed by atoms with Gasteiger partial charge in [0.05, 0.1) is 25.5 Å². The number of aromatic nitrogens is 1. The first-order valence-corrected chi connectivity index (χ1v) is 8.91. The molecule has 2 heterocycles. The lowest BCUT2D eigenvalue weighted by atomic mass is 10.2. The van der Waals surface area contributed by atoms with E-state index in [0.717, 1.165) is 56.4 Å². The third-order valence-electron chi connectivity index (χ3n) is 4.54. The second kappa shape index (κ2) is 9.10. The number of morpholine rings is 1. The van der Waals surface area contributed by atoms with Crippen LogP contribution in [0, 0.1) is 6.92 Å². The lowest BCUT2D eigenvalue weighted by Crippen LogP contribution is -2.42. The number of aliphatic hydroxyl groups is 1. The van der Waals surface area contributed by atoms with Gasteiger partial charge in [-0.25, -0.2) is 4.98 Å². The van der Waals surface area contributed by atoms with Gasteiger partial charge in [-0.15, -0.1) is 0 Å². The van der Waals surface area contributed by atoms with Gasteiger partial charge in [0.1, 0.15) is 5.76 Å². The van der Waals surface area contributed by atoms with Crippen LogP contribution in [0.4, 0.5) is 0 Å². The maximum atomic E-state index is 9.39. The van der Waals surface area contributed by atoms with Gasteiger partial charge in [-0.05, 0) is 19.1 Å². The Bertz CT molecular complexity index is 639. The molecule has 25 heavy (non-hydrogen) atoms. The monoisotopic (exact) mass is 345 g/mol. The van der Waals surface area contributed by atoms with E-state index in [0.29, 0.717) is 19.0 Å². The molecule has 2 aromatic rings. The van der Waals surface area contributed by atoms with Gasteiger partial charge < -0.3 is 14.3 Å². The van der Waals surface area contributed by atoms with Gasteiger partial charge in [0.25, 0.3) is 0 Å². The summed E-state index contributed by atoms with van der Waals surface area (Å²) in [5.41, 5.74) is 1.92. The molecular formula is C19H27N3O3. The van der Waals surface area contributed by atoms with Crippen molar-refractivity contribution in [2.75, 3.05) is 52.5 Å². The minimum Gasteiger partial charge on any atom is -0.441 e. The van der Waals surface area contributed by atoms with Crippen molar-refractivity contribution in [2.45, 2.75) is 13.5 Å². The number of aryl methyl sites for hydroxylation is 1. The van der Waals surface area contributed by atoms with Crippen LogP contribution in [0.5, 0.6) is 0 Å². The molecule has 1 saturated heterocycles. The Kier molecular flexibility index (Phi) is 6.58. The summed E-state index contributed by atoms with van der Waals surface area (Å²) in [7, 11) is 0. The van der Waals surface area contributed by atoms with Crippen molar-refractivity contribution in [2.24, 2.45) is 0 Å². The molecule has 1 aliphatic heterocycles. The van der Waals surface area contributed by atoms with Gasteiger partial charge in [0.2, 0.25) is 5.89 Å². The number of ether oxygens (including phenoxy) is 1. The predicted molar refractivity (Wildman–Crippen MR) is 96.3 cm³/mol. The number of hydrogen-bond donors (Lipinski definition) is 1. The normalized spacial score (nSPS) is 15.8. The van der Waals surface area contributed by atoms with Crippen molar-refractivity contribution >= 4 is 0 Å². The Morgan fingerprint density at radius 3 is 2.64 bits per heavy atom. The van der Waals surface area contributed by atoms with Gasteiger partial charge in [-0.3, -0.25) is 9.80 Å². The molecule has 0 amide bonds. The Morgan fingerprint density at radius 2 is 1.92 bits per heavy atom. The fourth-order valence-corrected chi connectivity index (χ4v) is 3.01. The van der Waals surface area contributed by atoms with Crippen LogP contribution >= 0.6 is 0 Å². The minimum absolute atomic E-state index is 0.144. The molecule has 0 unspecified atom stereocenters. The van der Waals surface area contributed by atoms with Crippen molar-refractivity contribution in [3.8, 4) is 11.5 Å². The first-order chi connectivity index (χ1) is 12.3. The van der Waals surface area contributed by atoms with Crippen LogP contribution in [0.25, 0.3) is 11.5 Å². The van der Waals surface area contributed by atoms with E-state index in [1.807, 2.05) is 37.3 Å². The van der Waals surface area contributed by atoms with Crippen molar-refractivity contribution < 1.29 is 14.3 Å². The van der Waals surface area contributed by atoms with Crippen LogP contribution in [0.1, 0.15) is 11.5 Å². The van der Waals surface area contributed by atoms with Crippen molar-refractivity contribution in [1.29, 1.82) is 0 Å². The summed E-state index contributed by atoms with van der Waals surface area (Å²) in [6.45, 7) is 8.87. The highest BCUT2D eigenvalue weighted by atomic mass is 16.5. The molecule has 1 aromatic heterocycles. The maximum absolute atomic E-state index is 9.39. The second-order valence-corrected chi connectivity index (χ2v) is 6.34. The number of hydrogen-bond acceptors (Lipinski definition) is 6. The SMILES string of the molecule is Cc1oc(-c2ccccc2)nc1CN(CCO)CCN1CCOCC1. The molecule has 1 aromatic carbocycles. The van der Waals surface area contributed by atoms with Crippen LogP contribution in [-0.2, 0) is 11.3 Å². The van der Waals surface area contributed by atoms with E-state index in [1.54, 1.807) is 0 Å². The van der Waals surface area contributed by atoms with E-state index in [4.69, 9.17) is 9.15 Å². The summed E-state index contributed by atoms with van der Waals surface area (Å²) in [5.74, 6) is 1.50. The Morgan fingerprint density at radius 1 is 1.16 bits per heavy atom. The fraction of sp³-hybridized carbons (Fsp3) is 0.526. The highest BCUT2D eigenvalue weighted by Crippen LogP contribution is 2.22. The molecule has 0 aliphatic carbocycles. The highest BCUT2D eigenvalue weighted by molar-refractivity contribution is 5.53. The lowest BCUT2D eigenvalue weighted by Gasteiger charge is -2.29. The van der Waals surface area contributed by atoms with Crippen molar-refractivity contribution in [3.05, 3.63) is 41.8 Å². The summed E-state index contributed by atoms with van der Waals surface area (Å²) in [6, 6.07) is 9.94. The second-order valence-electron chi connectivity index (χ2n) is 6.34. The number of rotatable bonds is 8. The summed E-state index contributed by atoms with van der Waals surface area (Å²) in [5, 5.41) is 9.39. The largest absolute Gasteiger partial charge is 0.441 e. The van der Waals surface area contributed by atoms with E-state index in [9.17, 15) is 5.11 Å². The third kappa shape index (κ3) is 5.12. The molecule has 1 fully saturated rings. The zero-order valence-electron chi connectivity index (χ0n) is 14.9. The van der Waals surface area contributed by atoms with E-state index in [-0.39, 0.29) is 6.61 Å². The summed E-state index contributed by atoms with van der Waals surface area (Å²) >= 11 is 0. The van der Waals surface area contributed by atoms with Crippen LogP contribution in [0.15, 0.2) is 34.7 Å². The standard InChI is InChI=1S/C19H27N3O3/c1-16-18(20-19(25-16)17-5-3-2-4-6-17)15-22(9-12-23)8-7-21-10-13-24-14-11-21/h2-6,23H,7-15H2,1H3. The number of nitrogens with zero attached hydrogens (tertiary/aromatic N) is 3. The van der Waals surface area contributed by atoms with E-state index in [2.05, 4.69) is 14.8 Å². The quantitative estimate of drug-likeness (QED) is 0.787. The Hall–Kier alpha value is -1.73. The maximum Gasteiger partial charge on any atom is 0.226 e. The topological polar surface area (TPSA) is 62.0 Å². The van der Waals surface area contributed by atoms with Gasteiger partial charge in [0, 0.05) is 44.8 Å². The fourth-order valence-electron chi connectivity index (χ4n) is 3.01. The minimum atomic E-state index is 0.144. The highest BCUT2D eigenvalue weighted by Gasteiger charge is 2.16. The molecule has 6 heteroatoms. The van der Waals surface area contributed by atoms with Crippen LogP contribution in [-0.4, -0.2) is 72.4 Å². The molecule has 1 aliphatic rings. The molecule has 0 radical (unpaired) electrons. The van der Waals surface area contributed by atoms with E-state index in [1.165, 1.54) is 0 Å². The molecule has 6 nitrogen and oxygen atoms in total. The Balaban J connectivity index is 1.62. The average Bonchev–Trinajstić information content (AvgIpc) is 3.02. The van der Waals surface area contributed by atoms with Crippen molar-refractivity contribution in [1.82, 2.24) is 14.8 Å². The number of aliphatic hydroxyl groups excluding tert-OH is 1. The Labute approximate surface area is 149 Å². The number of oxazole rings is 1. The van der Waals surface area contributed by atoms with E-state index >= 15 is 0 Å². The molecule has 1 N–H and O–H groups in total. The summed E-state index contributed by atoms with van der Waals surface area (Å²) in [4.78, 5) is 9.31. The molecule has 136 valence electrons. The van der Waals surface area contributed by atoms with Crippen LogP contribution in [0.2, 0.25) is 0 Å². The van der Waals surface area contributed by atoms with Crippen molar-refractivity contribution in [3.63, 3.8) is 0 Å². The van der Waals surface area contributed by atoms with Gasteiger partial charge in [-0.2, -0.15) is 0 Å². The molecule has 0 atom stereocenters. The van der Waals surface area contributed by atoms with Crippen LogP contribution < -0.4 is 0 Å². The zero-order valence-corrected chi connectivity index (χ0v) is 14.9. The average molecular weight is 345 g/mol. The summed E-state index contributed by atoms with van der Waals surface area (Å²) < 4.78 is 11.2. The summed E-state index contributed by atoms with van der Waals surface area (Å²) in [6.07, 6.45) is 0. The first-order valence-electron chi connectivity index (χ1n) is 8.91. The van der Waals surface area contributed by atoms with Gasteiger partial charge in [-0.1, -0.05) is 18.2 Å². The first kappa shape index (κ1) is 18.1. The van der Waals surface area contributed by atoms with Gasteiger partial charge >= 0.3 is 0 Å². The smallest absolute Gasteiger partial charge is 0.226 e. The number of benzene rings is 1. The molecule has 3 rings (SSSR count). The lowest BCUT2D eigenvalue weighted by molar-refractivity contribution is 0.0319.